The van der Waals surface area contributed by atoms with Crippen molar-refractivity contribution in [1.82, 2.24) is 0 Å². The molecule has 0 atom stereocenters. The summed E-state index contributed by atoms with van der Waals surface area (Å²) in [6, 6.07) is 17.4. The van der Waals surface area contributed by atoms with E-state index in [1.54, 1.807) is 61.7 Å². The lowest BCUT2D eigenvalue weighted by Crippen LogP contribution is -2.31. The van der Waals surface area contributed by atoms with Crippen LogP contribution in [-0.2, 0) is 26.1 Å². The molecule has 0 radical (unpaired) electrons. The second kappa shape index (κ2) is 10.8. The molecular formula is C30H31NO6S. The van der Waals surface area contributed by atoms with Crippen LogP contribution in [0.15, 0.2) is 77.7 Å². The molecule has 1 aliphatic rings. The van der Waals surface area contributed by atoms with E-state index in [9.17, 15) is 13.2 Å². The number of ether oxygens (including phenoxy) is 3. The molecule has 0 aromatic heterocycles. The molecule has 0 saturated carbocycles. The van der Waals surface area contributed by atoms with Crippen molar-refractivity contribution >= 4 is 33.8 Å². The third kappa shape index (κ3) is 5.75. The van der Waals surface area contributed by atoms with Crippen LogP contribution in [0, 0.1) is 6.92 Å². The molecule has 0 amide bonds. The van der Waals surface area contributed by atoms with E-state index >= 15 is 0 Å². The third-order valence-electron chi connectivity index (χ3n) is 6.15. The SMILES string of the molecule is COC(=O)/C=C/c1cccc(N(Cc2ccc3c(c2OC)OC(C)(C)C=C3)S(=O)(=O)c2ccc(C)cc2)c1. The molecule has 4 rings (SSSR count). The Morgan fingerprint density at radius 2 is 1.79 bits per heavy atom. The molecule has 7 nitrogen and oxygen atoms in total. The maximum Gasteiger partial charge on any atom is 0.330 e. The summed E-state index contributed by atoms with van der Waals surface area (Å²) in [6.07, 6.45) is 6.81. The average molecular weight is 534 g/mol. The van der Waals surface area contributed by atoms with Crippen LogP contribution < -0.4 is 13.8 Å². The predicted molar refractivity (Wildman–Crippen MR) is 149 cm³/mol. The van der Waals surface area contributed by atoms with Gasteiger partial charge in [-0.2, -0.15) is 0 Å². The number of hydrogen-bond donors (Lipinski definition) is 0. The number of fused-ring (bicyclic) bond motifs is 1. The van der Waals surface area contributed by atoms with Crippen LogP contribution in [0.2, 0.25) is 0 Å². The second-order valence-corrected chi connectivity index (χ2v) is 11.4. The van der Waals surface area contributed by atoms with Crippen molar-refractivity contribution in [3.63, 3.8) is 0 Å². The van der Waals surface area contributed by atoms with Crippen LogP contribution in [-0.4, -0.2) is 34.2 Å². The lowest BCUT2D eigenvalue weighted by Gasteiger charge is -2.31. The van der Waals surface area contributed by atoms with Crippen LogP contribution in [0.1, 0.15) is 36.1 Å². The number of sulfonamides is 1. The summed E-state index contributed by atoms with van der Waals surface area (Å²) in [4.78, 5) is 11.8. The van der Waals surface area contributed by atoms with E-state index in [0.717, 1.165) is 11.1 Å². The molecule has 38 heavy (non-hydrogen) atoms. The average Bonchev–Trinajstić information content (AvgIpc) is 2.89. The first kappa shape index (κ1) is 27.0. The van der Waals surface area contributed by atoms with Crippen LogP contribution in [0.4, 0.5) is 5.69 Å². The monoisotopic (exact) mass is 533 g/mol. The number of anilines is 1. The minimum absolute atomic E-state index is 0.00959. The van der Waals surface area contributed by atoms with Gasteiger partial charge in [-0.3, -0.25) is 4.31 Å². The molecule has 198 valence electrons. The summed E-state index contributed by atoms with van der Waals surface area (Å²) in [5.74, 6) is 0.543. The largest absolute Gasteiger partial charge is 0.492 e. The van der Waals surface area contributed by atoms with Gasteiger partial charge in [0.2, 0.25) is 0 Å². The fourth-order valence-electron chi connectivity index (χ4n) is 4.11. The van der Waals surface area contributed by atoms with Crippen LogP contribution >= 0.6 is 0 Å². The van der Waals surface area contributed by atoms with E-state index in [2.05, 4.69) is 4.74 Å². The van der Waals surface area contributed by atoms with Crippen LogP contribution in [0.25, 0.3) is 12.2 Å². The lowest BCUT2D eigenvalue weighted by molar-refractivity contribution is -0.134. The summed E-state index contributed by atoms with van der Waals surface area (Å²) in [6.45, 7) is 5.78. The minimum atomic E-state index is -3.98. The van der Waals surface area contributed by atoms with E-state index in [1.807, 2.05) is 45.1 Å². The van der Waals surface area contributed by atoms with Gasteiger partial charge in [-0.25, -0.2) is 13.2 Å². The van der Waals surface area contributed by atoms with Crippen molar-refractivity contribution in [3.8, 4) is 11.5 Å². The van der Waals surface area contributed by atoms with E-state index in [-0.39, 0.29) is 11.4 Å². The highest BCUT2D eigenvalue weighted by Gasteiger charge is 2.30. The van der Waals surface area contributed by atoms with Gasteiger partial charge in [0, 0.05) is 17.2 Å². The molecular weight excluding hydrogens is 502 g/mol. The number of carbonyl (C=O) groups excluding carboxylic acids is 1. The summed E-state index contributed by atoms with van der Waals surface area (Å²) >= 11 is 0. The first-order valence-electron chi connectivity index (χ1n) is 12.1. The van der Waals surface area contributed by atoms with Gasteiger partial charge in [0.25, 0.3) is 10.0 Å². The number of nitrogens with zero attached hydrogens (tertiary/aromatic N) is 1. The van der Waals surface area contributed by atoms with Gasteiger partial charge in [-0.05, 0) is 62.8 Å². The molecule has 3 aromatic carbocycles. The Labute approximate surface area is 224 Å². The second-order valence-electron chi connectivity index (χ2n) is 9.49. The van der Waals surface area contributed by atoms with Crippen LogP contribution in [0.5, 0.6) is 11.5 Å². The van der Waals surface area contributed by atoms with Crippen molar-refractivity contribution < 1.29 is 27.4 Å². The highest BCUT2D eigenvalue weighted by molar-refractivity contribution is 7.92. The quantitative estimate of drug-likeness (QED) is 0.270. The Bertz CT molecular complexity index is 1500. The highest BCUT2D eigenvalue weighted by Crippen LogP contribution is 2.42. The number of aryl methyl sites for hydroxylation is 1. The number of methoxy groups -OCH3 is 2. The van der Waals surface area contributed by atoms with Crippen LogP contribution in [0.3, 0.4) is 0 Å². The van der Waals surface area contributed by atoms with E-state index in [0.29, 0.717) is 28.3 Å². The van der Waals surface area contributed by atoms with E-state index in [1.165, 1.54) is 17.5 Å². The fourth-order valence-corrected chi connectivity index (χ4v) is 5.55. The standard InChI is InChI=1S/C30H31NO6S/c1-21-9-14-26(15-10-21)38(33,34)31(25-8-6-7-22(19-25)11-16-27(32)35-4)20-24-13-12-23-17-18-30(2,3)37-29(23)28(24)36-5/h6-19H,20H2,1-5H3/b16-11+. The summed E-state index contributed by atoms with van der Waals surface area (Å²) < 4.78 is 46.0. The Morgan fingerprint density at radius 3 is 2.47 bits per heavy atom. The number of hydrogen-bond acceptors (Lipinski definition) is 6. The van der Waals surface area contributed by atoms with Gasteiger partial charge >= 0.3 is 5.97 Å². The summed E-state index contributed by atoms with van der Waals surface area (Å²) in [7, 11) is -1.14. The minimum Gasteiger partial charge on any atom is -0.492 e. The van der Waals surface area contributed by atoms with Gasteiger partial charge in [-0.15, -0.1) is 0 Å². The van der Waals surface area contributed by atoms with Crippen molar-refractivity contribution in [2.75, 3.05) is 18.5 Å². The van der Waals surface area contributed by atoms with Gasteiger partial charge in [0.05, 0.1) is 31.3 Å². The first-order chi connectivity index (χ1) is 18.0. The van der Waals surface area contributed by atoms with Crippen molar-refractivity contribution in [3.05, 3.63) is 95.1 Å². The summed E-state index contributed by atoms with van der Waals surface area (Å²) in [5, 5.41) is 0. The Morgan fingerprint density at radius 1 is 1.05 bits per heavy atom. The van der Waals surface area contributed by atoms with Crippen molar-refractivity contribution in [1.29, 1.82) is 0 Å². The Balaban J connectivity index is 1.83. The molecule has 0 spiro atoms. The molecule has 3 aromatic rings. The highest BCUT2D eigenvalue weighted by atomic mass is 32.2. The number of carbonyl (C=O) groups is 1. The predicted octanol–water partition coefficient (Wildman–Crippen LogP) is 5.77. The molecule has 0 fully saturated rings. The molecule has 8 heteroatoms. The number of esters is 1. The van der Waals surface area contributed by atoms with Gasteiger partial charge in [0.1, 0.15) is 5.60 Å². The van der Waals surface area contributed by atoms with Crippen molar-refractivity contribution in [2.24, 2.45) is 0 Å². The topological polar surface area (TPSA) is 82.1 Å². The van der Waals surface area contributed by atoms with Gasteiger partial charge < -0.3 is 14.2 Å². The zero-order chi connectivity index (χ0) is 27.5. The number of benzene rings is 3. The normalized spacial score (nSPS) is 14.0. The van der Waals surface area contributed by atoms with E-state index < -0.39 is 21.6 Å². The smallest absolute Gasteiger partial charge is 0.330 e. The molecule has 0 N–H and O–H groups in total. The van der Waals surface area contributed by atoms with Gasteiger partial charge in [-0.1, -0.05) is 48.0 Å². The maximum atomic E-state index is 14.0. The zero-order valence-corrected chi connectivity index (χ0v) is 22.9. The molecule has 0 unspecified atom stereocenters. The Hall–Kier alpha value is -4.04. The summed E-state index contributed by atoms with van der Waals surface area (Å²) in [5.41, 5.74) is 2.99. The molecule has 0 aliphatic carbocycles. The third-order valence-corrected chi connectivity index (χ3v) is 7.94. The molecule has 1 aliphatic heterocycles. The van der Waals surface area contributed by atoms with Gasteiger partial charge in [0.15, 0.2) is 11.5 Å². The van der Waals surface area contributed by atoms with E-state index in [4.69, 9.17) is 9.47 Å². The molecule has 1 heterocycles. The zero-order valence-electron chi connectivity index (χ0n) is 22.1. The Kier molecular flexibility index (Phi) is 7.64. The van der Waals surface area contributed by atoms with Crippen molar-refractivity contribution in [2.45, 2.75) is 37.8 Å². The first-order valence-corrected chi connectivity index (χ1v) is 13.5. The fraction of sp³-hybridized carbons (Fsp3) is 0.233. The molecule has 0 bridgehead atoms. The molecule has 0 saturated heterocycles. The number of rotatable bonds is 8. The lowest BCUT2D eigenvalue weighted by atomic mass is 10.00. The maximum absolute atomic E-state index is 14.0.